The Kier molecular flexibility index (Phi) is 23.4. The Morgan fingerprint density at radius 2 is 1.29 bits per heavy atom. The molecule has 0 unspecified atom stereocenters. The molecule has 17 nitrogen and oxygen atoms in total. The predicted octanol–water partition coefficient (Wildman–Crippen LogP) is 11.2. The number of anilines is 1. The Labute approximate surface area is 462 Å². The fraction of sp³-hybridized carbons (Fsp3) is 0.393. The molecule has 1 saturated heterocycles. The molecule has 1 fully saturated rings. The number of hydrogen-bond donors (Lipinski definition) is 2. The van der Waals surface area contributed by atoms with E-state index in [1.807, 2.05) is 81.4 Å². The molecule has 1 heterocycles. The topological polar surface area (TPSA) is 208 Å². The van der Waals surface area contributed by atoms with Crippen LogP contribution in [0.1, 0.15) is 65.7 Å². The average Bonchev–Trinajstić information content (AvgIpc) is 3.96. The highest BCUT2D eigenvalue weighted by molar-refractivity contribution is 7.48. The van der Waals surface area contributed by atoms with Gasteiger partial charge in [-0.2, -0.15) is 5.26 Å². The van der Waals surface area contributed by atoms with Gasteiger partial charge >= 0.3 is 19.9 Å². The standard InChI is InChI=1S/C56H62Cl2F2N3O14P/c1-55(2,3)34-48-56(37-61,43-20-19-41(57)33-45(43)59)49(42-16-11-17-44(58)50(42)60)51(63-48)52(64)62-46-21-18-40(32-47(46)68-4)53(65)72-29-30-74-54(66)73-28-26-70-24-22-69-23-25-71-27-31-75-78(67,76-35-38-12-7-5-8-13-38)77-36-39-14-9-6-10-15-39/h5-21,32-33,48-49,51,63H,22-31,34-36H2,1-4H3,(H,62,64)/t48-,49-,51+,56-/m0/s1. The Balaban J connectivity index is 0.892. The van der Waals surface area contributed by atoms with E-state index in [1.54, 1.807) is 0 Å². The first kappa shape index (κ1) is 61.2. The van der Waals surface area contributed by atoms with E-state index in [1.165, 1.54) is 55.6 Å². The molecular formula is C56H62Cl2F2N3O14P. The smallest absolute Gasteiger partial charge is 0.495 e. The molecule has 5 aromatic carbocycles. The number of hydrogen-bond acceptors (Lipinski definition) is 16. The number of ether oxygens (including phenoxy) is 7. The average molecular weight is 1140 g/mol. The van der Waals surface area contributed by atoms with Gasteiger partial charge in [-0.3, -0.25) is 18.4 Å². The van der Waals surface area contributed by atoms with E-state index in [0.717, 1.165) is 17.2 Å². The Bertz CT molecular complexity index is 2820. The molecule has 0 aromatic heterocycles. The van der Waals surface area contributed by atoms with Gasteiger partial charge in [0.25, 0.3) is 0 Å². The molecule has 4 atom stereocenters. The van der Waals surface area contributed by atoms with Crippen LogP contribution in [0.5, 0.6) is 5.75 Å². The quantitative estimate of drug-likeness (QED) is 0.0259. The Morgan fingerprint density at radius 3 is 1.87 bits per heavy atom. The number of nitriles is 1. The normalized spacial score (nSPS) is 17.2. The molecule has 0 aliphatic carbocycles. The van der Waals surface area contributed by atoms with Crippen molar-refractivity contribution >= 4 is 54.7 Å². The first-order chi connectivity index (χ1) is 37.5. The second-order valence-corrected chi connectivity index (χ2v) is 21.3. The maximum absolute atomic E-state index is 16.1. The van der Waals surface area contributed by atoms with E-state index in [9.17, 15) is 24.2 Å². The van der Waals surface area contributed by atoms with Gasteiger partial charge < -0.3 is 43.8 Å². The minimum atomic E-state index is -3.91. The van der Waals surface area contributed by atoms with Gasteiger partial charge in [0.05, 0.1) is 95.0 Å². The van der Waals surface area contributed by atoms with Gasteiger partial charge in [0.2, 0.25) is 5.91 Å². The Hall–Kier alpha value is -6.01. The highest BCUT2D eigenvalue weighted by Gasteiger charge is 2.61. The number of carbonyl (C=O) groups is 3. The molecule has 0 spiro atoms. The highest BCUT2D eigenvalue weighted by Crippen LogP contribution is 2.53. The zero-order valence-corrected chi connectivity index (χ0v) is 45.9. The van der Waals surface area contributed by atoms with Gasteiger partial charge in [0, 0.05) is 22.5 Å². The predicted molar refractivity (Wildman–Crippen MR) is 285 cm³/mol. The number of phosphoric acid groups is 1. The Morgan fingerprint density at radius 1 is 0.718 bits per heavy atom. The summed E-state index contributed by atoms with van der Waals surface area (Å²) in [7, 11) is -2.60. The number of methoxy groups -OCH3 is 1. The van der Waals surface area contributed by atoms with Gasteiger partial charge in [-0.25, -0.2) is 22.9 Å². The molecule has 1 aliphatic heterocycles. The molecule has 0 radical (unpaired) electrons. The summed E-state index contributed by atoms with van der Waals surface area (Å²) < 4.78 is 99.4. The maximum atomic E-state index is 16.1. The van der Waals surface area contributed by atoms with Crippen LogP contribution in [0.2, 0.25) is 10.0 Å². The molecule has 22 heteroatoms. The van der Waals surface area contributed by atoms with Crippen molar-refractivity contribution in [2.45, 2.75) is 63.8 Å². The zero-order valence-electron chi connectivity index (χ0n) is 43.5. The van der Waals surface area contributed by atoms with Crippen LogP contribution in [0.4, 0.5) is 19.3 Å². The molecule has 78 heavy (non-hydrogen) atoms. The molecule has 5 aromatic rings. The lowest BCUT2D eigenvalue weighted by molar-refractivity contribution is -0.118. The van der Waals surface area contributed by atoms with Crippen molar-refractivity contribution in [1.29, 1.82) is 5.26 Å². The van der Waals surface area contributed by atoms with Crippen LogP contribution in [0.15, 0.2) is 115 Å². The number of rotatable bonds is 29. The summed E-state index contributed by atoms with van der Waals surface area (Å²) >= 11 is 12.4. The van der Waals surface area contributed by atoms with Crippen LogP contribution >= 0.6 is 31.0 Å². The second kappa shape index (κ2) is 29.8. The largest absolute Gasteiger partial charge is 0.508 e. The van der Waals surface area contributed by atoms with Gasteiger partial charge in [0.1, 0.15) is 42.6 Å². The van der Waals surface area contributed by atoms with E-state index in [-0.39, 0.29) is 124 Å². The second-order valence-electron chi connectivity index (χ2n) is 18.8. The van der Waals surface area contributed by atoms with Crippen molar-refractivity contribution < 1.29 is 74.5 Å². The first-order valence-corrected chi connectivity index (χ1v) is 27.1. The fourth-order valence-electron chi connectivity index (χ4n) is 8.57. The third-order valence-corrected chi connectivity index (χ3v) is 14.0. The van der Waals surface area contributed by atoms with Crippen LogP contribution in [-0.4, -0.2) is 103 Å². The third kappa shape index (κ3) is 17.5. The fourth-order valence-corrected chi connectivity index (χ4v) is 10.1. The number of esters is 1. The molecule has 2 N–H and O–H groups in total. The van der Waals surface area contributed by atoms with Crippen LogP contribution < -0.4 is 15.4 Å². The summed E-state index contributed by atoms with van der Waals surface area (Å²) in [5, 5.41) is 17.0. The minimum absolute atomic E-state index is 0.0232. The van der Waals surface area contributed by atoms with Gasteiger partial charge in [0.15, 0.2) is 0 Å². The number of carbonyl (C=O) groups excluding carboxylic acids is 3. The van der Waals surface area contributed by atoms with Gasteiger partial charge in [-0.15, -0.1) is 0 Å². The molecule has 0 saturated carbocycles. The number of phosphoric ester groups is 1. The monoisotopic (exact) mass is 1140 g/mol. The van der Waals surface area contributed by atoms with Crippen LogP contribution in [-0.2, 0) is 70.0 Å². The lowest BCUT2D eigenvalue weighted by Gasteiger charge is -2.37. The summed E-state index contributed by atoms with van der Waals surface area (Å²) in [5.41, 5.74) is -0.715. The van der Waals surface area contributed by atoms with Crippen molar-refractivity contribution in [3.63, 3.8) is 0 Å². The van der Waals surface area contributed by atoms with Crippen molar-refractivity contribution in [1.82, 2.24) is 5.32 Å². The third-order valence-electron chi connectivity index (χ3n) is 12.1. The molecular weight excluding hydrogens is 1080 g/mol. The maximum Gasteiger partial charge on any atom is 0.508 e. The molecule has 1 aliphatic rings. The SMILES string of the molecule is COc1cc(C(=O)OCCOC(=O)OCCOCCOCCOCCOP(=O)(OCc2ccccc2)OCc2ccccc2)ccc1NC(=O)[C@@H]1N[C@@H](CC(C)(C)C)[C@](C#N)(c2ccc(Cl)cc2F)[C@H]1c1cccc(Cl)c1F. The lowest BCUT2D eigenvalue weighted by atomic mass is 9.62. The molecule has 1 amide bonds. The lowest BCUT2D eigenvalue weighted by Crippen LogP contribution is -2.45. The van der Waals surface area contributed by atoms with Crippen molar-refractivity contribution in [3.05, 3.63) is 165 Å². The number of benzene rings is 5. The van der Waals surface area contributed by atoms with Crippen molar-refractivity contribution in [2.75, 3.05) is 78.5 Å². The van der Waals surface area contributed by atoms with Crippen molar-refractivity contribution in [3.8, 4) is 11.8 Å². The number of nitrogens with zero attached hydrogens (tertiary/aromatic N) is 1. The number of nitrogens with one attached hydrogen (secondary N) is 2. The van der Waals surface area contributed by atoms with E-state index in [2.05, 4.69) is 16.7 Å². The summed E-state index contributed by atoms with van der Waals surface area (Å²) in [6.07, 6.45) is -0.750. The van der Waals surface area contributed by atoms with E-state index in [4.69, 9.17) is 69.9 Å². The van der Waals surface area contributed by atoms with Crippen LogP contribution in [0.3, 0.4) is 0 Å². The van der Waals surface area contributed by atoms with Crippen LogP contribution in [0.25, 0.3) is 0 Å². The summed E-state index contributed by atoms with van der Waals surface area (Å²) in [5.74, 6) is -4.48. The molecule has 418 valence electrons. The zero-order chi connectivity index (χ0) is 56.1. The van der Waals surface area contributed by atoms with E-state index in [0.29, 0.717) is 0 Å². The number of amides is 1. The van der Waals surface area contributed by atoms with Crippen LogP contribution in [0, 0.1) is 28.4 Å². The van der Waals surface area contributed by atoms with E-state index < -0.39 is 66.3 Å². The summed E-state index contributed by atoms with van der Waals surface area (Å²) in [6, 6.07) is 30.8. The van der Waals surface area contributed by atoms with Gasteiger partial charge in [-0.05, 0) is 64.9 Å². The van der Waals surface area contributed by atoms with E-state index >= 15 is 8.78 Å². The molecule has 6 rings (SSSR count). The summed E-state index contributed by atoms with van der Waals surface area (Å²) in [4.78, 5) is 39.6. The van der Waals surface area contributed by atoms with Gasteiger partial charge in [-0.1, -0.05) is 123 Å². The summed E-state index contributed by atoms with van der Waals surface area (Å²) in [6.45, 7) is 6.11. The first-order valence-electron chi connectivity index (χ1n) is 24.8. The van der Waals surface area contributed by atoms with Crippen molar-refractivity contribution in [2.24, 2.45) is 5.41 Å². The highest BCUT2D eigenvalue weighted by atomic mass is 35.5. The number of halogens is 4. The minimum Gasteiger partial charge on any atom is -0.495 e. The molecule has 0 bridgehead atoms.